The summed E-state index contributed by atoms with van der Waals surface area (Å²) in [5.41, 5.74) is 5.48. The van der Waals surface area contributed by atoms with E-state index in [1.807, 2.05) is 6.92 Å². The number of likely N-dealkylation sites (tertiary alicyclic amines) is 1. The number of hydrogen-bond acceptors (Lipinski definition) is 3. The van der Waals surface area contributed by atoms with E-state index in [1.165, 1.54) is 0 Å². The summed E-state index contributed by atoms with van der Waals surface area (Å²) >= 11 is 0. The van der Waals surface area contributed by atoms with Crippen LogP contribution in [-0.4, -0.2) is 41.7 Å². The molecule has 0 aromatic heterocycles. The van der Waals surface area contributed by atoms with Gasteiger partial charge in [0, 0.05) is 19.6 Å². The van der Waals surface area contributed by atoms with Gasteiger partial charge in [0.15, 0.2) is 0 Å². The first kappa shape index (κ1) is 10.5. The van der Waals surface area contributed by atoms with E-state index in [2.05, 4.69) is 0 Å². The first-order valence-electron chi connectivity index (χ1n) is 4.86. The molecule has 0 spiro atoms. The summed E-state index contributed by atoms with van der Waals surface area (Å²) in [6, 6.07) is 0. The Morgan fingerprint density at radius 2 is 2.46 bits per heavy atom. The van der Waals surface area contributed by atoms with Gasteiger partial charge in [0.25, 0.3) is 0 Å². The van der Waals surface area contributed by atoms with Crippen LogP contribution in [0.1, 0.15) is 19.8 Å². The molecule has 1 saturated heterocycles. The monoisotopic (exact) mass is 186 g/mol. The van der Waals surface area contributed by atoms with Gasteiger partial charge in [0.05, 0.1) is 12.0 Å². The quantitative estimate of drug-likeness (QED) is 0.628. The maximum absolute atomic E-state index is 11.7. The van der Waals surface area contributed by atoms with Gasteiger partial charge in [-0.2, -0.15) is 0 Å². The second-order valence-electron chi connectivity index (χ2n) is 3.57. The van der Waals surface area contributed by atoms with E-state index in [0.717, 1.165) is 6.42 Å². The average molecular weight is 186 g/mol. The lowest BCUT2D eigenvalue weighted by atomic mass is 10.1. The van der Waals surface area contributed by atoms with Crippen LogP contribution in [0.15, 0.2) is 0 Å². The molecule has 76 valence electrons. The van der Waals surface area contributed by atoms with Gasteiger partial charge in [-0.25, -0.2) is 0 Å². The van der Waals surface area contributed by atoms with Gasteiger partial charge in [-0.15, -0.1) is 0 Å². The van der Waals surface area contributed by atoms with Crippen molar-refractivity contribution in [3.05, 3.63) is 0 Å². The third-order valence-electron chi connectivity index (χ3n) is 2.60. The van der Waals surface area contributed by atoms with Crippen molar-refractivity contribution in [1.82, 2.24) is 4.90 Å². The number of β-amino-alcohol motifs (C(OH)–C–C–N with tert-alkyl or cyclic N) is 1. The summed E-state index contributed by atoms with van der Waals surface area (Å²) in [6.45, 7) is 3.52. The Kier molecular flexibility index (Phi) is 3.69. The number of carbonyl (C=O) groups is 1. The molecule has 2 atom stereocenters. The van der Waals surface area contributed by atoms with Crippen molar-refractivity contribution in [2.24, 2.45) is 11.7 Å². The minimum atomic E-state index is -0.334. The highest BCUT2D eigenvalue weighted by atomic mass is 16.3. The molecule has 4 heteroatoms. The van der Waals surface area contributed by atoms with Crippen LogP contribution < -0.4 is 5.73 Å². The largest absolute Gasteiger partial charge is 0.391 e. The lowest BCUT2D eigenvalue weighted by Crippen LogP contribution is -2.37. The Bertz CT molecular complexity index is 180. The molecule has 1 rings (SSSR count). The predicted octanol–water partition coefficient (Wildman–Crippen LogP) is -0.435. The molecule has 0 bridgehead atoms. The van der Waals surface area contributed by atoms with Crippen LogP contribution in [0.2, 0.25) is 0 Å². The minimum Gasteiger partial charge on any atom is -0.391 e. The second kappa shape index (κ2) is 4.58. The summed E-state index contributed by atoms with van der Waals surface area (Å²) < 4.78 is 0. The third-order valence-corrected chi connectivity index (χ3v) is 2.60. The van der Waals surface area contributed by atoms with Gasteiger partial charge in [-0.1, -0.05) is 6.92 Å². The van der Waals surface area contributed by atoms with Crippen LogP contribution in [0.5, 0.6) is 0 Å². The van der Waals surface area contributed by atoms with Crippen molar-refractivity contribution in [1.29, 1.82) is 0 Å². The first-order valence-corrected chi connectivity index (χ1v) is 4.86. The van der Waals surface area contributed by atoms with Crippen molar-refractivity contribution < 1.29 is 9.90 Å². The van der Waals surface area contributed by atoms with E-state index in [-0.39, 0.29) is 17.9 Å². The van der Waals surface area contributed by atoms with Crippen molar-refractivity contribution in [2.45, 2.75) is 25.9 Å². The molecule has 4 nitrogen and oxygen atoms in total. The molecular formula is C9H18N2O2. The zero-order chi connectivity index (χ0) is 9.84. The van der Waals surface area contributed by atoms with Crippen LogP contribution in [0.3, 0.4) is 0 Å². The van der Waals surface area contributed by atoms with Crippen LogP contribution in [-0.2, 0) is 4.79 Å². The Hall–Kier alpha value is -0.610. The molecule has 2 unspecified atom stereocenters. The minimum absolute atomic E-state index is 0.0645. The summed E-state index contributed by atoms with van der Waals surface area (Å²) in [7, 11) is 0. The number of rotatable bonds is 3. The molecule has 1 amide bonds. The summed E-state index contributed by atoms with van der Waals surface area (Å²) in [5.74, 6) is 0.0341. The van der Waals surface area contributed by atoms with E-state index < -0.39 is 0 Å². The molecule has 1 heterocycles. The van der Waals surface area contributed by atoms with E-state index in [4.69, 9.17) is 5.73 Å². The van der Waals surface area contributed by atoms with Crippen LogP contribution in [0.25, 0.3) is 0 Å². The smallest absolute Gasteiger partial charge is 0.227 e. The lowest BCUT2D eigenvalue weighted by Gasteiger charge is -2.20. The zero-order valence-corrected chi connectivity index (χ0v) is 8.07. The fraction of sp³-hybridized carbons (Fsp3) is 0.889. The highest BCUT2D eigenvalue weighted by molar-refractivity contribution is 5.79. The maximum Gasteiger partial charge on any atom is 0.227 e. The van der Waals surface area contributed by atoms with Gasteiger partial charge in [0.1, 0.15) is 0 Å². The molecule has 0 aromatic carbocycles. The van der Waals surface area contributed by atoms with Gasteiger partial charge in [0.2, 0.25) is 5.91 Å². The predicted molar refractivity (Wildman–Crippen MR) is 50.0 cm³/mol. The Morgan fingerprint density at radius 1 is 1.77 bits per heavy atom. The van der Waals surface area contributed by atoms with Crippen LogP contribution in [0.4, 0.5) is 0 Å². The van der Waals surface area contributed by atoms with Crippen molar-refractivity contribution in [3.63, 3.8) is 0 Å². The van der Waals surface area contributed by atoms with Crippen LogP contribution >= 0.6 is 0 Å². The fourth-order valence-electron chi connectivity index (χ4n) is 1.64. The maximum atomic E-state index is 11.7. The SMILES string of the molecule is CCC(CN)C(=O)N1CCC(O)C1. The Labute approximate surface area is 78.7 Å². The summed E-state index contributed by atoms with van der Waals surface area (Å²) in [4.78, 5) is 13.4. The van der Waals surface area contributed by atoms with E-state index in [0.29, 0.717) is 26.1 Å². The topological polar surface area (TPSA) is 66.6 Å². The van der Waals surface area contributed by atoms with Gasteiger partial charge in [-0.3, -0.25) is 4.79 Å². The van der Waals surface area contributed by atoms with Gasteiger partial charge >= 0.3 is 0 Å². The molecule has 3 N–H and O–H groups in total. The number of aliphatic hydroxyl groups excluding tert-OH is 1. The number of carbonyl (C=O) groups excluding carboxylic acids is 1. The number of nitrogens with two attached hydrogens (primary N) is 1. The average Bonchev–Trinajstić information content (AvgIpc) is 2.54. The fourth-order valence-corrected chi connectivity index (χ4v) is 1.64. The summed E-state index contributed by atoms with van der Waals surface area (Å²) in [5, 5.41) is 9.25. The van der Waals surface area contributed by atoms with Gasteiger partial charge in [-0.05, 0) is 12.8 Å². The Balaban J connectivity index is 2.47. The van der Waals surface area contributed by atoms with E-state index >= 15 is 0 Å². The first-order chi connectivity index (χ1) is 6.19. The Morgan fingerprint density at radius 3 is 2.85 bits per heavy atom. The van der Waals surface area contributed by atoms with E-state index in [9.17, 15) is 9.90 Å². The molecule has 0 aliphatic carbocycles. The molecule has 0 aromatic rings. The van der Waals surface area contributed by atoms with Gasteiger partial charge < -0.3 is 15.7 Å². The molecule has 1 aliphatic rings. The third kappa shape index (κ3) is 2.42. The molecule has 0 radical (unpaired) electrons. The van der Waals surface area contributed by atoms with Crippen molar-refractivity contribution in [2.75, 3.05) is 19.6 Å². The highest BCUT2D eigenvalue weighted by Crippen LogP contribution is 2.13. The molecule has 1 aliphatic heterocycles. The summed E-state index contributed by atoms with van der Waals surface area (Å²) in [6.07, 6.45) is 1.15. The number of nitrogens with zero attached hydrogens (tertiary/aromatic N) is 1. The number of amides is 1. The molecule has 1 fully saturated rings. The number of aliphatic hydroxyl groups is 1. The van der Waals surface area contributed by atoms with Crippen LogP contribution in [0, 0.1) is 5.92 Å². The standard InChI is InChI=1S/C9H18N2O2/c1-2-7(5-10)9(13)11-4-3-8(12)6-11/h7-8,12H,2-6,10H2,1H3. The van der Waals surface area contributed by atoms with E-state index in [1.54, 1.807) is 4.90 Å². The van der Waals surface area contributed by atoms with Crippen molar-refractivity contribution >= 4 is 5.91 Å². The molecule has 13 heavy (non-hydrogen) atoms. The molecule has 0 saturated carbocycles. The highest BCUT2D eigenvalue weighted by Gasteiger charge is 2.28. The number of hydrogen-bond donors (Lipinski definition) is 2. The second-order valence-corrected chi connectivity index (χ2v) is 3.57. The normalized spacial score (nSPS) is 24.8. The zero-order valence-electron chi connectivity index (χ0n) is 8.07. The van der Waals surface area contributed by atoms with Crippen molar-refractivity contribution in [3.8, 4) is 0 Å². The lowest BCUT2D eigenvalue weighted by molar-refractivity contribution is -0.134. The molecular weight excluding hydrogens is 168 g/mol.